The van der Waals surface area contributed by atoms with E-state index in [0.717, 1.165) is 25.7 Å². The van der Waals surface area contributed by atoms with Gasteiger partial charge in [-0.25, -0.2) is 0 Å². The number of nitrogens with one attached hydrogen (secondary N) is 1. The second kappa shape index (κ2) is 6.73. The average Bonchev–Trinajstić information content (AvgIpc) is 2.83. The van der Waals surface area contributed by atoms with Gasteiger partial charge >= 0.3 is 5.97 Å². The molecule has 0 radical (unpaired) electrons. The van der Waals surface area contributed by atoms with Gasteiger partial charge in [0.2, 0.25) is 5.91 Å². The Hall–Kier alpha value is -1.10. The predicted molar refractivity (Wildman–Crippen MR) is 69.0 cm³/mol. The summed E-state index contributed by atoms with van der Waals surface area (Å²) in [5.41, 5.74) is 5.37. The molecule has 0 aromatic rings. The number of amides is 1. The van der Waals surface area contributed by atoms with E-state index in [4.69, 9.17) is 10.8 Å². The summed E-state index contributed by atoms with van der Waals surface area (Å²) in [6.07, 6.45) is 4.63. The zero-order valence-electron chi connectivity index (χ0n) is 11.1. The molecule has 0 aromatic heterocycles. The summed E-state index contributed by atoms with van der Waals surface area (Å²) in [4.78, 5) is 22.6. The van der Waals surface area contributed by atoms with Crippen LogP contribution in [0.2, 0.25) is 0 Å². The molecule has 0 aliphatic heterocycles. The van der Waals surface area contributed by atoms with Crippen LogP contribution >= 0.6 is 0 Å². The molecule has 104 valence electrons. The first kappa shape index (κ1) is 15.0. The van der Waals surface area contributed by atoms with Gasteiger partial charge in [-0.1, -0.05) is 19.8 Å². The fourth-order valence-electron chi connectivity index (χ4n) is 2.50. The number of carboxylic acid groups (broad SMARTS) is 1. The number of rotatable bonds is 7. The number of nitrogens with two attached hydrogens (primary N) is 1. The maximum Gasteiger partial charge on any atom is 0.303 e. The highest BCUT2D eigenvalue weighted by Crippen LogP contribution is 2.37. The fraction of sp³-hybridized carbons (Fsp3) is 0.846. The quantitative estimate of drug-likeness (QED) is 0.636. The topological polar surface area (TPSA) is 92.4 Å². The van der Waals surface area contributed by atoms with E-state index in [1.165, 1.54) is 0 Å². The van der Waals surface area contributed by atoms with Crippen molar-refractivity contribution in [3.8, 4) is 0 Å². The highest BCUT2D eigenvalue weighted by Gasteiger charge is 2.39. The molecule has 1 rings (SSSR count). The molecular formula is C13H24N2O3. The van der Waals surface area contributed by atoms with E-state index in [1.807, 2.05) is 6.92 Å². The molecule has 1 aliphatic carbocycles. The van der Waals surface area contributed by atoms with Gasteiger partial charge in [-0.2, -0.15) is 0 Å². The molecule has 1 amide bonds. The van der Waals surface area contributed by atoms with E-state index >= 15 is 0 Å². The highest BCUT2D eigenvalue weighted by molar-refractivity contribution is 5.83. The van der Waals surface area contributed by atoms with Crippen LogP contribution in [0.1, 0.15) is 45.4 Å². The Kier molecular flexibility index (Phi) is 5.59. The highest BCUT2D eigenvalue weighted by atomic mass is 16.4. The minimum Gasteiger partial charge on any atom is -0.481 e. The van der Waals surface area contributed by atoms with Crippen molar-refractivity contribution < 1.29 is 14.7 Å². The fourth-order valence-corrected chi connectivity index (χ4v) is 2.50. The van der Waals surface area contributed by atoms with Crippen molar-refractivity contribution in [3.05, 3.63) is 0 Å². The Morgan fingerprint density at radius 1 is 1.39 bits per heavy atom. The van der Waals surface area contributed by atoms with Gasteiger partial charge in [0, 0.05) is 19.5 Å². The van der Waals surface area contributed by atoms with E-state index in [2.05, 4.69) is 5.32 Å². The molecule has 1 fully saturated rings. The normalized spacial score (nSPS) is 19.4. The molecule has 0 heterocycles. The van der Waals surface area contributed by atoms with Crippen molar-refractivity contribution >= 4 is 11.9 Å². The summed E-state index contributed by atoms with van der Waals surface area (Å²) in [6.45, 7) is 2.89. The van der Waals surface area contributed by atoms with Gasteiger partial charge in [0.25, 0.3) is 0 Å². The number of carboxylic acids is 1. The summed E-state index contributed by atoms with van der Waals surface area (Å²) in [7, 11) is 0. The van der Waals surface area contributed by atoms with Gasteiger partial charge in [-0.05, 0) is 25.2 Å². The maximum atomic E-state index is 12.1. The van der Waals surface area contributed by atoms with Crippen molar-refractivity contribution in [1.82, 2.24) is 5.32 Å². The standard InChI is InChI=1S/C13H24N2O3/c1-10(4-5-11(16)17)8-15-12(18)13(9-14)6-2-3-7-13/h10H,2-9,14H2,1H3,(H,15,18)(H,16,17). The molecule has 0 spiro atoms. The van der Waals surface area contributed by atoms with E-state index in [9.17, 15) is 9.59 Å². The van der Waals surface area contributed by atoms with Crippen LogP contribution in [0.15, 0.2) is 0 Å². The van der Waals surface area contributed by atoms with Crippen LogP contribution in [0.4, 0.5) is 0 Å². The monoisotopic (exact) mass is 256 g/mol. The molecule has 0 bridgehead atoms. The Balaban J connectivity index is 2.33. The van der Waals surface area contributed by atoms with Crippen molar-refractivity contribution in [2.45, 2.75) is 45.4 Å². The largest absolute Gasteiger partial charge is 0.481 e. The third kappa shape index (κ3) is 3.98. The lowest BCUT2D eigenvalue weighted by Gasteiger charge is -2.26. The minimum absolute atomic E-state index is 0.0460. The van der Waals surface area contributed by atoms with Gasteiger partial charge in [-0.15, -0.1) is 0 Å². The molecule has 0 saturated heterocycles. The number of hydrogen-bond acceptors (Lipinski definition) is 3. The third-order valence-corrected chi connectivity index (χ3v) is 3.90. The maximum absolute atomic E-state index is 12.1. The van der Waals surface area contributed by atoms with Crippen molar-refractivity contribution in [1.29, 1.82) is 0 Å². The lowest BCUT2D eigenvalue weighted by molar-refractivity contribution is -0.137. The van der Waals surface area contributed by atoms with E-state index < -0.39 is 5.97 Å². The SMILES string of the molecule is CC(CCC(=O)O)CNC(=O)C1(CN)CCCC1. The molecule has 0 aromatic carbocycles. The molecule has 18 heavy (non-hydrogen) atoms. The summed E-state index contributed by atoms with van der Waals surface area (Å²) in [6, 6.07) is 0. The lowest BCUT2D eigenvalue weighted by Crippen LogP contribution is -2.45. The third-order valence-electron chi connectivity index (χ3n) is 3.90. The average molecular weight is 256 g/mol. The molecular weight excluding hydrogens is 232 g/mol. The second-order valence-electron chi connectivity index (χ2n) is 5.44. The number of aliphatic carboxylic acids is 1. The summed E-state index contributed by atoms with van der Waals surface area (Å²) >= 11 is 0. The number of hydrogen-bond donors (Lipinski definition) is 3. The van der Waals surface area contributed by atoms with E-state index in [0.29, 0.717) is 19.5 Å². The molecule has 5 nitrogen and oxygen atoms in total. The van der Waals surface area contributed by atoms with Crippen LogP contribution in [-0.4, -0.2) is 30.1 Å². The van der Waals surface area contributed by atoms with Gasteiger partial charge in [0.05, 0.1) is 5.41 Å². The number of carbonyl (C=O) groups excluding carboxylic acids is 1. The van der Waals surface area contributed by atoms with Crippen LogP contribution in [0, 0.1) is 11.3 Å². The van der Waals surface area contributed by atoms with Crippen molar-refractivity contribution in [2.24, 2.45) is 17.1 Å². The van der Waals surface area contributed by atoms with Gasteiger partial charge in [0.1, 0.15) is 0 Å². The number of carbonyl (C=O) groups is 2. The summed E-state index contributed by atoms with van der Waals surface area (Å²) < 4.78 is 0. The van der Waals surface area contributed by atoms with E-state index in [-0.39, 0.29) is 23.7 Å². The zero-order valence-corrected chi connectivity index (χ0v) is 11.1. The Bertz CT molecular complexity index is 299. The molecule has 4 N–H and O–H groups in total. The minimum atomic E-state index is -0.789. The van der Waals surface area contributed by atoms with Gasteiger partial charge < -0.3 is 16.2 Å². The van der Waals surface area contributed by atoms with Gasteiger partial charge in [-0.3, -0.25) is 9.59 Å². The van der Waals surface area contributed by atoms with Crippen LogP contribution in [-0.2, 0) is 9.59 Å². The lowest BCUT2D eigenvalue weighted by atomic mass is 9.85. The summed E-state index contributed by atoms with van der Waals surface area (Å²) in [5.74, 6) is -0.562. The first-order valence-electron chi connectivity index (χ1n) is 6.70. The van der Waals surface area contributed by atoms with Crippen LogP contribution < -0.4 is 11.1 Å². The zero-order chi connectivity index (χ0) is 13.6. The Labute approximate surface area is 108 Å². The van der Waals surface area contributed by atoms with Crippen LogP contribution in [0.3, 0.4) is 0 Å². The Morgan fingerprint density at radius 2 is 2.00 bits per heavy atom. The van der Waals surface area contributed by atoms with E-state index in [1.54, 1.807) is 0 Å². The first-order chi connectivity index (χ1) is 8.50. The Morgan fingerprint density at radius 3 is 2.50 bits per heavy atom. The molecule has 1 unspecified atom stereocenters. The molecule has 1 atom stereocenters. The molecule has 1 aliphatic rings. The summed E-state index contributed by atoms with van der Waals surface area (Å²) in [5, 5.41) is 11.5. The van der Waals surface area contributed by atoms with Crippen LogP contribution in [0.25, 0.3) is 0 Å². The van der Waals surface area contributed by atoms with Gasteiger partial charge in [0.15, 0.2) is 0 Å². The second-order valence-corrected chi connectivity index (χ2v) is 5.44. The van der Waals surface area contributed by atoms with Crippen LogP contribution in [0.5, 0.6) is 0 Å². The molecule has 5 heteroatoms. The van der Waals surface area contributed by atoms with Crippen molar-refractivity contribution in [3.63, 3.8) is 0 Å². The molecule has 1 saturated carbocycles. The van der Waals surface area contributed by atoms with Crippen molar-refractivity contribution in [2.75, 3.05) is 13.1 Å². The first-order valence-corrected chi connectivity index (χ1v) is 6.70. The smallest absolute Gasteiger partial charge is 0.303 e. The predicted octanol–water partition coefficient (Wildman–Crippen LogP) is 1.12.